The van der Waals surface area contributed by atoms with E-state index < -0.39 is 11.9 Å². The average molecular weight is 291 g/mol. The third-order valence-corrected chi connectivity index (χ3v) is 3.84. The van der Waals surface area contributed by atoms with Crippen molar-refractivity contribution < 1.29 is 14.3 Å². The highest BCUT2D eigenvalue weighted by Gasteiger charge is 2.26. The zero-order chi connectivity index (χ0) is 15.4. The second kappa shape index (κ2) is 6.69. The van der Waals surface area contributed by atoms with Crippen molar-refractivity contribution in [3.8, 4) is 0 Å². The van der Waals surface area contributed by atoms with Crippen LogP contribution in [0, 0.1) is 12.8 Å². The summed E-state index contributed by atoms with van der Waals surface area (Å²) in [5.41, 5.74) is 13.1. The van der Waals surface area contributed by atoms with Gasteiger partial charge in [0.1, 0.15) is 0 Å². The van der Waals surface area contributed by atoms with Crippen LogP contribution in [-0.4, -0.2) is 31.1 Å². The lowest BCUT2D eigenvalue weighted by atomic mass is 9.92. The van der Waals surface area contributed by atoms with E-state index in [2.05, 4.69) is 5.32 Å². The largest absolute Gasteiger partial charge is 0.381 e. The molecule has 0 aromatic heterocycles. The quantitative estimate of drug-likeness (QED) is 0.762. The third-order valence-electron chi connectivity index (χ3n) is 3.84. The molecule has 1 saturated heterocycles. The van der Waals surface area contributed by atoms with Crippen molar-refractivity contribution in [1.82, 2.24) is 0 Å². The minimum absolute atomic E-state index is 0.143. The Bertz CT molecular complexity index is 539. The second-order valence-corrected chi connectivity index (χ2v) is 5.36. The predicted octanol–water partition coefficient (Wildman–Crippen LogP) is 0.786. The number of anilines is 1. The second-order valence-electron chi connectivity index (χ2n) is 5.36. The van der Waals surface area contributed by atoms with Crippen molar-refractivity contribution >= 4 is 17.5 Å². The normalized spacial score (nSPS) is 17.2. The number of nitrogens with two attached hydrogens (primary N) is 2. The number of aryl methyl sites for hydroxylation is 1. The van der Waals surface area contributed by atoms with E-state index in [-0.39, 0.29) is 11.8 Å². The first-order chi connectivity index (χ1) is 9.99. The van der Waals surface area contributed by atoms with Crippen LogP contribution in [0.25, 0.3) is 0 Å². The summed E-state index contributed by atoms with van der Waals surface area (Å²) in [6.07, 6.45) is 1.60. The Hall–Kier alpha value is -1.92. The van der Waals surface area contributed by atoms with Gasteiger partial charge < -0.3 is 21.5 Å². The number of rotatable bonds is 4. The average Bonchev–Trinajstić information content (AvgIpc) is 2.47. The summed E-state index contributed by atoms with van der Waals surface area (Å²) in [6, 6.07) is 4.42. The van der Waals surface area contributed by atoms with Crippen LogP contribution in [0.3, 0.4) is 0 Å². The summed E-state index contributed by atoms with van der Waals surface area (Å²) in [7, 11) is 0. The number of amides is 2. The Labute approximate surface area is 123 Å². The highest BCUT2D eigenvalue weighted by Crippen LogP contribution is 2.20. The van der Waals surface area contributed by atoms with Gasteiger partial charge in [0.25, 0.3) is 0 Å². The first-order valence-corrected chi connectivity index (χ1v) is 7.03. The molecule has 0 bridgehead atoms. The van der Waals surface area contributed by atoms with Crippen LogP contribution in [0.2, 0.25) is 0 Å². The highest BCUT2D eigenvalue weighted by atomic mass is 16.5. The van der Waals surface area contributed by atoms with Gasteiger partial charge in [0.05, 0.1) is 6.04 Å². The molecule has 2 rings (SSSR count). The van der Waals surface area contributed by atoms with Crippen molar-refractivity contribution in [2.75, 3.05) is 18.5 Å². The number of hydrogen-bond acceptors (Lipinski definition) is 4. The van der Waals surface area contributed by atoms with Crippen molar-refractivity contribution in [2.24, 2.45) is 17.4 Å². The van der Waals surface area contributed by atoms with Crippen LogP contribution in [0.15, 0.2) is 18.2 Å². The van der Waals surface area contributed by atoms with E-state index >= 15 is 0 Å². The van der Waals surface area contributed by atoms with E-state index in [0.29, 0.717) is 24.5 Å². The van der Waals surface area contributed by atoms with Gasteiger partial charge in [0.2, 0.25) is 11.8 Å². The summed E-state index contributed by atoms with van der Waals surface area (Å²) in [6.45, 7) is 3.07. The van der Waals surface area contributed by atoms with Crippen LogP contribution < -0.4 is 16.8 Å². The Morgan fingerprint density at radius 1 is 1.33 bits per heavy atom. The maximum atomic E-state index is 12.2. The molecule has 1 aliphatic rings. The molecule has 2 amide bonds. The monoisotopic (exact) mass is 291 g/mol. The van der Waals surface area contributed by atoms with Gasteiger partial charge in [-0.25, -0.2) is 0 Å². The van der Waals surface area contributed by atoms with Crippen molar-refractivity contribution in [3.05, 3.63) is 29.3 Å². The van der Waals surface area contributed by atoms with Gasteiger partial charge in [0.15, 0.2) is 0 Å². The molecule has 114 valence electrons. The van der Waals surface area contributed by atoms with Crippen LogP contribution in [0.1, 0.15) is 28.8 Å². The highest BCUT2D eigenvalue weighted by molar-refractivity contribution is 5.97. The Morgan fingerprint density at radius 3 is 2.57 bits per heavy atom. The van der Waals surface area contributed by atoms with Crippen LogP contribution in [-0.2, 0) is 9.53 Å². The lowest BCUT2D eigenvalue weighted by Crippen LogP contribution is -2.44. The Kier molecular flexibility index (Phi) is 4.93. The van der Waals surface area contributed by atoms with Gasteiger partial charge in [-0.05, 0) is 49.4 Å². The molecule has 0 saturated carbocycles. The minimum atomic E-state index is -0.551. The lowest BCUT2D eigenvalue weighted by Gasteiger charge is -2.26. The molecular formula is C15H21N3O3. The summed E-state index contributed by atoms with van der Waals surface area (Å²) in [4.78, 5) is 23.3. The Balaban J connectivity index is 2.01. The lowest BCUT2D eigenvalue weighted by molar-refractivity contribution is -0.119. The predicted molar refractivity (Wildman–Crippen MR) is 79.8 cm³/mol. The van der Waals surface area contributed by atoms with E-state index in [1.54, 1.807) is 25.1 Å². The summed E-state index contributed by atoms with van der Waals surface area (Å²) in [5.74, 6) is -0.554. The maximum absolute atomic E-state index is 12.2. The molecule has 1 aromatic rings. The maximum Gasteiger partial charge on any atom is 0.248 e. The van der Waals surface area contributed by atoms with Crippen molar-refractivity contribution in [2.45, 2.75) is 25.8 Å². The fourth-order valence-corrected chi connectivity index (χ4v) is 2.53. The molecule has 1 atom stereocenters. The summed E-state index contributed by atoms with van der Waals surface area (Å²) in [5, 5.41) is 2.79. The molecule has 6 heteroatoms. The number of carbonyl (C=O) groups excluding carboxylic acids is 2. The van der Waals surface area contributed by atoms with Gasteiger partial charge in [-0.15, -0.1) is 0 Å². The molecule has 0 aliphatic carbocycles. The molecule has 1 aromatic carbocycles. The molecule has 1 aliphatic heterocycles. The fraction of sp³-hybridized carbons (Fsp3) is 0.467. The SMILES string of the molecule is Cc1cc(NC(=O)C(N)C2CCOCC2)ccc1C(N)=O. The third kappa shape index (κ3) is 3.80. The molecule has 6 nitrogen and oxygen atoms in total. The number of nitrogens with one attached hydrogen (secondary N) is 1. The number of primary amides is 1. The first kappa shape index (κ1) is 15.5. The molecule has 5 N–H and O–H groups in total. The first-order valence-electron chi connectivity index (χ1n) is 7.03. The van der Waals surface area contributed by atoms with Gasteiger partial charge >= 0.3 is 0 Å². The van der Waals surface area contributed by atoms with Gasteiger partial charge in [-0.2, -0.15) is 0 Å². The molecule has 21 heavy (non-hydrogen) atoms. The summed E-state index contributed by atoms with van der Waals surface area (Å²) < 4.78 is 5.27. The molecular weight excluding hydrogens is 270 g/mol. The zero-order valence-corrected chi connectivity index (χ0v) is 12.1. The number of benzene rings is 1. The molecule has 0 radical (unpaired) electrons. The number of hydrogen-bond donors (Lipinski definition) is 3. The van der Waals surface area contributed by atoms with E-state index in [1.165, 1.54) is 0 Å². The van der Waals surface area contributed by atoms with E-state index in [1.807, 2.05) is 0 Å². The summed E-state index contributed by atoms with van der Waals surface area (Å²) >= 11 is 0. The van der Waals surface area contributed by atoms with Crippen LogP contribution in [0.4, 0.5) is 5.69 Å². The molecule has 1 unspecified atom stereocenters. The van der Waals surface area contributed by atoms with Crippen molar-refractivity contribution in [1.29, 1.82) is 0 Å². The van der Waals surface area contributed by atoms with Gasteiger partial charge in [-0.3, -0.25) is 9.59 Å². The topological polar surface area (TPSA) is 107 Å². The standard InChI is InChI=1S/C15H21N3O3/c1-9-8-11(2-3-12(9)14(17)19)18-15(20)13(16)10-4-6-21-7-5-10/h2-3,8,10,13H,4-7,16H2,1H3,(H2,17,19)(H,18,20). The van der Waals surface area contributed by atoms with Gasteiger partial charge in [0, 0.05) is 24.5 Å². The molecule has 1 fully saturated rings. The van der Waals surface area contributed by atoms with Crippen LogP contribution in [0.5, 0.6) is 0 Å². The zero-order valence-electron chi connectivity index (χ0n) is 12.1. The van der Waals surface area contributed by atoms with E-state index in [0.717, 1.165) is 18.4 Å². The van der Waals surface area contributed by atoms with E-state index in [9.17, 15) is 9.59 Å². The van der Waals surface area contributed by atoms with Crippen molar-refractivity contribution in [3.63, 3.8) is 0 Å². The number of carbonyl (C=O) groups is 2. The molecule has 0 spiro atoms. The smallest absolute Gasteiger partial charge is 0.248 e. The molecule has 1 heterocycles. The fourth-order valence-electron chi connectivity index (χ4n) is 2.53. The number of ether oxygens (including phenoxy) is 1. The van der Waals surface area contributed by atoms with Crippen LogP contribution >= 0.6 is 0 Å². The Morgan fingerprint density at radius 2 is 2.00 bits per heavy atom. The van der Waals surface area contributed by atoms with Gasteiger partial charge in [-0.1, -0.05) is 0 Å². The van der Waals surface area contributed by atoms with E-state index in [4.69, 9.17) is 16.2 Å². The minimum Gasteiger partial charge on any atom is -0.381 e.